The first-order valence-corrected chi connectivity index (χ1v) is 23.3. The van der Waals surface area contributed by atoms with E-state index in [0.717, 1.165) is 6.54 Å². The number of fused-ring (bicyclic) bond motifs is 3. The van der Waals surface area contributed by atoms with Crippen LogP contribution in [-0.2, 0) is 56.0 Å². The summed E-state index contributed by atoms with van der Waals surface area (Å²) in [4.78, 5) is 0. The van der Waals surface area contributed by atoms with Gasteiger partial charge in [-0.2, -0.15) is 127 Å². The van der Waals surface area contributed by atoms with Crippen LogP contribution in [0.1, 0.15) is 50.1 Å². The van der Waals surface area contributed by atoms with Gasteiger partial charge in [-0.05, 0) is 74.8 Å². The summed E-state index contributed by atoms with van der Waals surface area (Å²) in [5, 5.41) is 7.88. The molecular weight excluding hydrogens is 1150 g/mol. The lowest BCUT2D eigenvalue weighted by Crippen LogP contribution is -2.75. The van der Waals surface area contributed by atoms with Crippen LogP contribution in [0.25, 0.3) is 32.3 Å². The zero-order valence-corrected chi connectivity index (χ0v) is 40.5. The van der Waals surface area contributed by atoms with E-state index in [2.05, 4.69) is 102 Å². The number of hydrogen-bond donors (Lipinski definition) is 0. The van der Waals surface area contributed by atoms with Crippen molar-refractivity contribution in [3.8, 4) is 0 Å². The number of pyridine rings is 1. The molecule has 0 atom stereocenters. The SMILES string of the molecule is FC(F)(F)c1cc([B-](c2cc(C(F)(F)F)cc(C(F)(F)F)c2)(c2cc(C(F)(F)F)cc(C(F)(F)F)c2)c2cc(C(F)(F)F)cc(C(F)(F)F)c2)cc(C(F)(F)F)c1.c1cc[n+](Cc2c3ccccc3cc3cc4ccccc4cc23)cc1. The second-order valence-corrected chi connectivity index (χ2v) is 18.8. The van der Waals surface area contributed by atoms with Crippen molar-refractivity contribution >= 4 is 60.3 Å². The van der Waals surface area contributed by atoms with Crippen LogP contribution in [0.4, 0.5) is 105 Å². The van der Waals surface area contributed by atoms with Gasteiger partial charge in [0, 0.05) is 17.7 Å². The highest BCUT2D eigenvalue weighted by atomic mass is 19.4. The predicted octanol–water partition coefficient (Wildman–Crippen LogP) is 16.7. The highest BCUT2D eigenvalue weighted by Gasteiger charge is 2.47. The van der Waals surface area contributed by atoms with Gasteiger partial charge in [-0.1, -0.05) is 103 Å². The van der Waals surface area contributed by atoms with E-state index >= 15 is 0 Å². The third kappa shape index (κ3) is 12.6. The fourth-order valence-electron chi connectivity index (χ4n) is 9.81. The Hall–Kier alpha value is -7.93. The Morgan fingerprint density at radius 1 is 0.256 bits per heavy atom. The molecule has 0 spiro atoms. The summed E-state index contributed by atoms with van der Waals surface area (Å²) in [6, 6.07) is 21.7. The minimum absolute atomic E-state index is 0.691. The first kappa shape index (κ1) is 60.2. The Balaban J connectivity index is 0.000000288. The molecule has 0 radical (unpaired) electrons. The summed E-state index contributed by atoms with van der Waals surface area (Å²) >= 11 is 0. The zero-order valence-electron chi connectivity index (χ0n) is 40.5. The van der Waals surface area contributed by atoms with E-state index in [0.29, 0.717) is 0 Å². The molecule has 0 unspecified atom stereocenters. The van der Waals surface area contributed by atoms with E-state index in [1.807, 2.05) is 0 Å². The Morgan fingerprint density at radius 3 is 0.829 bits per heavy atom. The fraction of sp³-hybridized carbons (Fsp3) is 0.161. The third-order valence-corrected chi connectivity index (χ3v) is 13.4. The highest BCUT2D eigenvalue weighted by Crippen LogP contribution is 2.42. The van der Waals surface area contributed by atoms with Gasteiger partial charge in [-0.25, -0.2) is 4.57 Å². The number of alkyl halides is 24. The maximum absolute atomic E-state index is 14.2. The van der Waals surface area contributed by atoms with Crippen LogP contribution in [0.5, 0.6) is 0 Å². The van der Waals surface area contributed by atoms with E-state index in [-0.39, 0.29) is 0 Å². The molecule has 8 aromatic carbocycles. The van der Waals surface area contributed by atoms with Crippen molar-refractivity contribution in [3.05, 3.63) is 220 Å². The second-order valence-electron chi connectivity index (χ2n) is 18.8. The van der Waals surface area contributed by atoms with Crippen LogP contribution in [0, 0.1) is 0 Å². The van der Waals surface area contributed by atoms with Crippen molar-refractivity contribution in [2.24, 2.45) is 0 Å². The Labute approximate surface area is 445 Å². The number of hydrogen-bond acceptors (Lipinski definition) is 0. The van der Waals surface area contributed by atoms with Gasteiger partial charge in [-0.3, -0.25) is 0 Å². The predicted molar refractivity (Wildman–Crippen MR) is 255 cm³/mol. The van der Waals surface area contributed by atoms with Gasteiger partial charge >= 0.3 is 49.4 Å². The molecule has 1 nitrogen and oxygen atoms in total. The summed E-state index contributed by atoms with van der Waals surface area (Å²) in [5.74, 6) is 0. The van der Waals surface area contributed by atoms with Crippen molar-refractivity contribution in [2.45, 2.75) is 56.0 Å². The average Bonchev–Trinajstić information content (AvgIpc) is 1.20. The Morgan fingerprint density at radius 2 is 0.524 bits per heavy atom. The van der Waals surface area contributed by atoms with Crippen molar-refractivity contribution < 1.29 is 110 Å². The molecule has 0 N–H and O–H groups in total. The van der Waals surface area contributed by atoms with E-state index < -0.39 is 195 Å². The van der Waals surface area contributed by atoms with Crippen LogP contribution in [0.3, 0.4) is 0 Å². The first-order chi connectivity index (χ1) is 37.6. The molecule has 1 aromatic heterocycles. The molecule has 0 bridgehead atoms. The largest absolute Gasteiger partial charge is 0.416 e. The summed E-state index contributed by atoms with van der Waals surface area (Å²) in [6.07, 6.45) is -50.5. The summed E-state index contributed by atoms with van der Waals surface area (Å²) < 4.78 is 343. The molecule has 82 heavy (non-hydrogen) atoms. The zero-order chi connectivity index (χ0) is 60.6. The van der Waals surface area contributed by atoms with Crippen LogP contribution in [0.2, 0.25) is 0 Å². The molecule has 0 saturated carbocycles. The minimum Gasteiger partial charge on any atom is -0.201 e. The topological polar surface area (TPSA) is 3.88 Å². The first-order valence-electron chi connectivity index (χ1n) is 23.3. The number of nitrogens with zero attached hydrogens (tertiary/aromatic N) is 1. The highest BCUT2D eigenvalue weighted by molar-refractivity contribution is 7.20. The smallest absolute Gasteiger partial charge is 0.201 e. The van der Waals surface area contributed by atoms with Crippen LogP contribution < -0.4 is 26.4 Å². The Kier molecular flexibility index (Phi) is 15.3. The Bertz CT molecular complexity index is 3400. The lowest BCUT2D eigenvalue weighted by molar-refractivity contribution is -0.688. The molecule has 26 heteroatoms. The van der Waals surface area contributed by atoms with E-state index in [4.69, 9.17) is 0 Å². The monoisotopic (exact) mass is 1180 g/mol. The van der Waals surface area contributed by atoms with Crippen LogP contribution in [0.15, 0.2) is 170 Å². The van der Waals surface area contributed by atoms with Crippen LogP contribution >= 0.6 is 0 Å². The van der Waals surface area contributed by atoms with E-state index in [9.17, 15) is 105 Å². The van der Waals surface area contributed by atoms with E-state index in [1.54, 1.807) is 0 Å². The molecule has 0 amide bonds. The number of benzene rings is 8. The van der Waals surface area contributed by atoms with Gasteiger partial charge in [-0.15, -0.1) is 0 Å². The van der Waals surface area contributed by atoms with Gasteiger partial charge < -0.3 is 0 Å². The van der Waals surface area contributed by atoms with Gasteiger partial charge in [0.2, 0.25) is 0 Å². The second kappa shape index (κ2) is 20.8. The number of rotatable bonds is 6. The standard InChI is InChI=1S/C32H12BF24.C24H18N/c34-25(35,36)13-1-14(26(37,38)39)6-21(5-13)33(22-7-15(27(40,41)42)2-16(8-22)28(43,44)45,23-9-17(29(46,47)48)3-18(10-23)30(49,50)51)24-11-19(31(52,53)54)4-20(12-24)32(55,56)57;1-6-12-25(13-7-1)17-24-22-11-5-4-10-20(22)15-21-14-18-8-2-3-9-19(18)16-23(21)24/h1-12H;1-16H,17H2/q-1;+1. The molecular formula is C56H30BF24N. The minimum atomic E-state index is -6.13. The van der Waals surface area contributed by atoms with Crippen LogP contribution in [-0.4, -0.2) is 6.15 Å². The lowest BCUT2D eigenvalue weighted by atomic mass is 9.12. The third-order valence-electron chi connectivity index (χ3n) is 13.4. The molecule has 0 aliphatic heterocycles. The van der Waals surface area contributed by atoms with Crippen molar-refractivity contribution in [2.75, 3.05) is 0 Å². The quantitative estimate of drug-likeness (QED) is 0.0676. The fourth-order valence-corrected chi connectivity index (χ4v) is 9.81. The molecule has 9 rings (SSSR count). The van der Waals surface area contributed by atoms with Gasteiger partial charge in [0.25, 0.3) is 0 Å². The summed E-state index contributed by atoms with van der Waals surface area (Å²) in [5.41, 5.74) is -28.8. The molecule has 0 saturated heterocycles. The lowest BCUT2D eigenvalue weighted by Gasteiger charge is -2.46. The maximum Gasteiger partial charge on any atom is 0.416 e. The summed E-state index contributed by atoms with van der Waals surface area (Å²) in [6.45, 7) is 0.872. The average molecular weight is 1180 g/mol. The normalized spacial score (nSPS) is 13.4. The molecule has 9 aromatic rings. The molecule has 1 heterocycles. The number of aromatic nitrogens is 1. The molecule has 430 valence electrons. The van der Waals surface area contributed by atoms with Gasteiger partial charge in [0.1, 0.15) is 6.15 Å². The van der Waals surface area contributed by atoms with Crippen molar-refractivity contribution in [3.63, 3.8) is 0 Å². The van der Waals surface area contributed by atoms with Gasteiger partial charge in [0.15, 0.2) is 18.9 Å². The maximum atomic E-state index is 14.2. The molecule has 0 fully saturated rings. The van der Waals surface area contributed by atoms with Gasteiger partial charge in [0.05, 0.1) is 44.5 Å². The molecule has 0 aliphatic rings. The molecule has 0 aliphatic carbocycles. The number of halogens is 24. The summed E-state index contributed by atoms with van der Waals surface area (Å²) in [7, 11) is 0. The van der Waals surface area contributed by atoms with Crippen molar-refractivity contribution in [1.29, 1.82) is 0 Å². The van der Waals surface area contributed by atoms with E-state index in [1.165, 1.54) is 37.9 Å². The van der Waals surface area contributed by atoms with Crippen molar-refractivity contribution in [1.82, 2.24) is 0 Å².